The van der Waals surface area contributed by atoms with Crippen LogP contribution in [-0.2, 0) is 9.53 Å². The van der Waals surface area contributed by atoms with Gasteiger partial charge in [0, 0.05) is 12.1 Å². The molecule has 1 aromatic rings. The molecule has 0 atom stereocenters. The molecule has 2 amide bonds. The summed E-state index contributed by atoms with van der Waals surface area (Å²) in [5.41, 5.74) is 10.5. The van der Waals surface area contributed by atoms with Crippen molar-refractivity contribution in [3.63, 3.8) is 0 Å². The predicted octanol–water partition coefficient (Wildman–Crippen LogP) is -0.538. The van der Waals surface area contributed by atoms with Crippen molar-refractivity contribution in [2.45, 2.75) is 32.7 Å². The van der Waals surface area contributed by atoms with E-state index in [-0.39, 0.29) is 36.0 Å². The molecule has 1 aromatic heterocycles. The number of anilines is 2. The first-order valence-electron chi connectivity index (χ1n) is 7.15. The SMILES string of the molecule is COC(=O)CCNC(=O)c1nc(N)c(C(=O)NC(C)(C)C)nc1N. The number of nitrogen functional groups attached to an aromatic ring is 2. The van der Waals surface area contributed by atoms with Gasteiger partial charge in [-0.05, 0) is 20.8 Å². The molecule has 0 aliphatic rings. The topological polar surface area (TPSA) is 162 Å². The zero-order valence-electron chi connectivity index (χ0n) is 14.1. The minimum Gasteiger partial charge on any atom is -0.469 e. The van der Waals surface area contributed by atoms with Gasteiger partial charge in [-0.1, -0.05) is 0 Å². The third-order valence-electron chi connectivity index (χ3n) is 2.71. The van der Waals surface area contributed by atoms with Crippen LogP contribution in [0.3, 0.4) is 0 Å². The van der Waals surface area contributed by atoms with Gasteiger partial charge in [0.05, 0.1) is 13.5 Å². The molecule has 6 N–H and O–H groups in total. The first kappa shape index (κ1) is 19.1. The van der Waals surface area contributed by atoms with Gasteiger partial charge in [-0.3, -0.25) is 14.4 Å². The van der Waals surface area contributed by atoms with Gasteiger partial charge in [0.15, 0.2) is 23.0 Å². The lowest BCUT2D eigenvalue weighted by Crippen LogP contribution is -2.41. The Labute approximate surface area is 139 Å². The normalized spacial score (nSPS) is 10.8. The number of rotatable bonds is 5. The van der Waals surface area contributed by atoms with Gasteiger partial charge in [0.2, 0.25) is 0 Å². The largest absolute Gasteiger partial charge is 0.469 e. The maximum Gasteiger partial charge on any atom is 0.307 e. The van der Waals surface area contributed by atoms with E-state index in [9.17, 15) is 14.4 Å². The van der Waals surface area contributed by atoms with E-state index in [1.165, 1.54) is 7.11 Å². The summed E-state index contributed by atoms with van der Waals surface area (Å²) in [5, 5.41) is 5.12. The quantitative estimate of drug-likeness (QED) is 0.520. The molecule has 24 heavy (non-hydrogen) atoms. The first-order chi connectivity index (χ1) is 11.0. The van der Waals surface area contributed by atoms with E-state index in [4.69, 9.17) is 11.5 Å². The van der Waals surface area contributed by atoms with Gasteiger partial charge in [-0.15, -0.1) is 0 Å². The molecule has 0 saturated carbocycles. The highest BCUT2D eigenvalue weighted by molar-refractivity contribution is 6.01. The number of nitrogens with two attached hydrogens (primary N) is 2. The number of nitrogens with zero attached hydrogens (tertiary/aromatic N) is 2. The van der Waals surface area contributed by atoms with Crippen LogP contribution in [0.4, 0.5) is 11.6 Å². The van der Waals surface area contributed by atoms with E-state index in [0.29, 0.717) is 0 Å². The Morgan fingerprint density at radius 2 is 1.54 bits per heavy atom. The second-order valence-electron chi connectivity index (χ2n) is 5.98. The fourth-order valence-corrected chi connectivity index (χ4v) is 1.66. The molecule has 0 aliphatic carbocycles. The Bertz CT molecular complexity index is 653. The van der Waals surface area contributed by atoms with E-state index < -0.39 is 23.3 Å². The lowest BCUT2D eigenvalue weighted by molar-refractivity contribution is -0.140. The zero-order valence-corrected chi connectivity index (χ0v) is 14.1. The molecule has 0 spiro atoms. The average Bonchev–Trinajstić information content (AvgIpc) is 2.46. The van der Waals surface area contributed by atoms with E-state index >= 15 is 0 Å². The Hall–Kier alpha value is -2.91. The van der Waals surface area contributed by atoms with E-state index in [2.05, 4.69) is 25.3 Å². The Kier molecular flexibility index (Phi) is 6.04. The molecular weight excluding hydrogens is 316 g/mol. The van der Waals surface area contributed by atoms with Gasteiger partial charge >= 0.3 is 5.97 Å². The van der Waals surface area contributed by atoms with Crippen molar-refractivity contribution in [1.29, 1.82) is 0 Å². The third kappa shape index (κ3) is 5.38. The summed E-state index contributed by atoms with van der Waals surface area (Å²) in [6.07, 6.45) is -0.00285. The fraction of sp³-hybridized carbons (Fsp3) is 0.500. The molecule has 10 nitrogen and oxygen atoms in total. The van der Waals surface area contributed by atoms with Gasteiger partial charge in [0.25, 0.3) is 11.8 Å². The minimum atomic E-state index is -0.654. The first-order valence-corrected chi connectivity index (χ1v) is 7.15. The standard InChI is InChI=1S/C14H22N6O4/c1-14(2,3)20-13(23)9-11(16)18-8(10(15)19-9)12(22)17-6-5-7(21)24-4/h5-6H2,1-4H3,(H2,15,19)(H2,16,18)(H,17,22)(H,20,23). The number of esters is 1. The highest BCUT2D eigenvalue weighted by atomic mass is 16.5. The van der Waals surface area contributed by atoms with Crippen LogP contribution < -0.4 is 22.1 Å². The van der Waals surface area contributed by atoms with Crippen molar-refractivity contribution in [2.75, 3.05) is 25.1 Å². The predicted molar refractivity (Wildman–Crippen MR) is 87.0 cm³/mol. The van der Waals surface area contributed by atoms with Crippen molar-refractivity contribution >= 4 is 29.4 Å². The van der Waals surface area contributed by atoms with Crippen molar-refractivity contribution in [3.05, 3.63) is 11.4 Å². The monoisotopic (exact) mass is 338 g/mol. The van der Waals surface area contributed by atoms with Crippen LogP contribution in [0.15, 0.2) is 0 Å². The summed E-state index contributed by atoms with van der Waals surface area (Å²) >= 11 is 0. The highest BCUT2D eigenvalue weighted by Gasteiger charge is 2.23. The number of nitrogens with one attached hydrogen (secondary N) is 2. The third-order valence-corrected chi connectivity index (χ3v) is 2.71. The average molecular weight is 338 g/mol. The molecule has 0 aromatic carbocycles. The molecule has 1 rings (SSSR count). The number of hydrogen-bond donors (Lipinski definition) is 4. The molecule has 0 saturated heterocycles. The van der Waals surface area contributed by atoms with Crippen molar-refractivity contribution < 1.29 is 19.1 Å². The van der Waals surface area contributed by atoms with Gasteiger partial charge in [0.1, 0.15) is 0 Å². The summed E-state index contributed by atoms with van der Waals surface area (Å²) < 4.78 is 4.46. The Balaban J connectivity index is 2.89. The van der Waals surface area contributed by atoms with E-state index in [0.717, 1.165) is 0 Å². The van der Waals surface area contributed by atoms with Crippen LogP contribution in [0.1, 0.15) is 48.2 Å². The molecular formula is C14H22N6O4. The number of aromatic nitrogens is 2. The number of ether oxygens (including phenoxy) is 1. The summed E-state index contributed by atoms with van der Waals surface area (Å²) in [6.45, 7) is 5.42. The summed E-state index contributed by atoms with van der Waals surface area (Å²) in [5.74, 6) is -2.12. The number of carbonyl (C=O) groups excluding carboxylic acids is 3. The zero-order chi connectivity index (χ0) is 18.5. The highest BCUT2D eigenvalue weighted by Crippen LogP contribution is 2.14. The van der Waals surface area contributed by atoms with E-state index in [1.54, 1.807) is 20.8 Å². The number of carbonyl (C=O) groups is 3. The van der Waals surface area contributed by atoms with Gasteiger partial charge in [-0.25, -0.2) is 9.97 Å². The lowest BCUT2D eigenvalue weighted by atomic mass is 10.1. The second kappa shape index (κ2) is 7.57. The van der Waals surface area contributed by atoms with Crippen LogP contribution in [0.25, 0.3) is 0 Å². The summed E-state index contributed by atoms with van der Waals surface area (Å²) in [4.78, 5) is 42.8. The molecule has 0 aliphatic heterocycles. The number of methoxy groups -OCH3 is 1. The molecule has 0 unspecified atom stereocenters. The second-order valence-corrected chi connectivity index (χ2v) is 5.98. The smallest absolute Gasteiger partial charge is 0.307 e. The van der Waals surface area contributed by atoms with Crippen LogP contribution in [-0.4, -0.2) is 46.9 Å². The van der Waals surface area contributed by atoms with E-state index in [1.807, 2.05) is 0 Å². The van der Waals surface area contributed by atoms with Crippen LogP contribution >= 0.6 is 0 Å². The molecule has 0 fully saturated rings. The molecule has 132 valence electrons. The van der Waals surface area contributed by atoms with Crippen LogP contribution in [0, 0.1) is 0 Å². The Morgan fingerprint density at radius 3 is 2.00 bits per heavy atom. The summed E-state index contributed by atoms with van der Waals surface area (Å²) in [6, 6.07) is 0. The molecule has 1 heterocycles. The molecule has 0 radical (unpaired) electrons. The Morgan fingerprint density at radius 1 is 1.04 bits per heavy atom. The van der Waals surface area contributed by atoms with Crippen molar-refractivity contribution in [3.8, 4) is 0 Å². The minimum absolute atomic E-state index is 0.00285. The van der Waals surface area contributed by atoms with Gasteiger partial charge < -0.3 is 26.8 Å². The maximum absolute atomic E-state index is 12.1. The van der Waals surface area contributed by atoms with Crippen molar-refractivity contribution in [1.82, 2.24) is 20.6 Å². The maximum atomic E-state index is 12.1. The van der Waals surface area contributed by atoms with Crippen molar-refractivity contribution in [2.24, 2.45) is 0 Å². The summed E-state index contributed by atoms with van der Waals surface area (Å²) in [7, 11) is 1.25. The fourth-order valence-electron chi connectivity index (χ4n) is 1.66. The number of hydrogen-bond acceptors (Lipinski definition) is 8. The lowest BCUT2D eigenvalue weighted by Gasteiger charge is -2.20. The van der Waals surface area contributed by atoms with Crippen LogP contribution in [0.2, 0.25) is 0 Å². The number of amides is 2. The van der Waals surface area contributed by atoms with Gasteiger partial charge in [-0.2, -0.15) is 0 Å². The molecule has 0 bridgehead atoms. The van der Waals surface area contributed by atoms with Crippen LogP contribution in [0.5, 0.6) is 0 Å². The molecule has 10 heteroatoms.